The van der Waals surface area contributed by atoms with E-state index in [0.29, 0.717) is 67.2 Å². The molecule has 0 radical (unpaired) electrons. The minimum absolute atomic E-state index is 0.00744. The first-order chi connectivity index (χ1) is 24.1. The van der Waals surface area contributed by atoms with E-state index in [1.807, 2.05) is 41.0 Å². The van der Waals surface area contributed by atoms with Gasteiger partial charge >= 0.3 is 18.0 Å². The number of carbonyl (C=O) groups is 4. The SMILES string of the molecule is CCOC(=O)C1CCC(N2CCN(C(=O)[C@@H](Cc3cc(Br)c(O)c(Br)c3)NC(=O)N3CCC(N4Cc5ccccc5NC4=O)CC3)CC2)CC1. The molecule has 5 amide bonds. The second kappa shape index (κ2) is 16.3. The number of phenols is 1. The van der Waals surface area contributed by atoms with Crippen molar-refractivity contribution in [3.8, 4) is 5.75 Å². The number of ether oxygens (including phenoxy) is 1. The third kappa shape index (κ3) is 8.39. The lowest BCUT2D eigenvalue weighted by atomic mass is 9.85. The first kappa shape index (κ1) is 36.4. The maximum atomic E-state index is 14.1. The number of nitrogens with zero attached hydrogens (tertiary/aromatic N) is 4. The average Bonchev–Trinajstić information content (AvgIpc) is 3.13. The van der Waals surface area contributed by atoms with Gasteiger partial charge in [-0.05, 0) is 107 Å². The molecule has 12 nitrogen and oxygen atoms in total. The van der Waals surface area contributed by atoms with Gasteiger partial charge in [0.05, 0.1) is 21.5 Å². The van der Waals surface area contributed by atoms with Crippen molar-refractivity contribution in [3.05, 3.63) is 56.5 Å². The van der Waals surface area contributed by atoms with Gasteiger partial charge in [-0.3, -0.25) is 14.5 Å². The number of amides is 5. The summed E-state index contributed by atoms with van der Waals surface area (Å²) in [6.07, 6.45) is 5.06. The van der Waals surface area contributed by atoms with Gasteiger partial charge in [0.15, 0.2) is 0 Å². The maximum absolute atomic E-state index is 14.1. The molecule has 6 rings (SSSR count). The van der Waals surface area contributed by atoms with Crippen LogP contribution in [0.2, 0.25) is 0 Å². The van der Waals surface area contributed by atoms with Crippen LogP contribution in [-0.4, -0.2) is 113 Å². The summed E-state index contributed by atoms with van der Waals surface area (Å²) < 4.78 is 6.23. The van der Waals surface area contributed by atoms with Crippen LogP contribution >= 0.6 is 31.9 Å². The smallest absolute Gasteiger partial charge is 0.322 e. The number of esters is 1. The third-order valence-corrected chi connectivity index (χ3v) is 11.8. The van der Waals surface area contributed by atoms with E-state index in [0.717, 1.165) is 55.6 Å². The molecule has 2 saturated heterocycles. The molecule has 4 aliphatic rings. The van der Waals surface area contributed by atoms with Gasteiger partial charge in [-0.25, -0.2) is 9.59 Å². The van der Waals surface area contributed by atoms with Gasteiger partial charge in [0.25, 0.3) is 0 Å². The van der Waals surface area contributed by atoms with Crippen LogP contribution in [0.5, 0.6) is 5.75 Å². The summed E-state index contributed by atoms with van der Waals surface area (Å²) in [5.41, 5.74) is 2.70. The summed E-state index contributed by atoms with van der Waals surface area (Å²) in [6, 6.07) is 10.5. The second-order valence-electron chi connectivity index (χ2n) is 13.7. The number of fused-ring (bicyclic) bond motifs is 1. The standard InChI is InChI=1S/C36H46Br2N6O6/c1-2-50-34(47)24-7-9-26(10-8-24)41-15-17-42(18-16-41)33(46)31(21-23-19-28(37)32(45)29(38)20-23)40-35(48)43-13-11-27(12-14-43)44-22-25-5-3-4-6-30(25)39-36(44)49/h3-6,19-20,24,26-27,31,45H,2,7-18,21-22H2,1H3,(H,39,49)(H,40,48)/t24?,26?,31-/m1/s1. The van der Waals surface area contributed by atoms with Gasteiger partial charge in [0, 0.05) is 70.0 Å². The summed E-state index contributed by atoms with van der Waals surface area (Å²) >= 11 is 6.79. The maximum Gasteiger partial charge on any atom is 0.322 e. The number of piperazine rings is 1. The molecule has 3 N–H and O–H groups in total. The molecule has 0 unspecified atom stereocenters. The van der Waals surface area contributed by atoms with Crippen LogP contribution in [0.3, 0.4) is 0 Å². The second-order valence-corrected chi connectivity index (χ2v) is 15.4. The Hall–Kier alpha value is -3.36. The van der Waals surface area contributed by atoms with Crippen LogP contribution in [0.1, 0.15) is 56.6 Å². The van der Waals surface area contributed by atoms with Crippen molar-refractivity contribution in [3.63, 3.8) is 0 Å². The summed E-state index contributed by atoms with van der Waals surface area (Å²) in [7, 11) is 0. The molecule has 3 fully saturated rings. The zero-order valence-corrected chi connectivity index (χ0v) is 31.6. The number of aromatic hydroxyl groups is 1. The van der Waals surface area contributed by atoms with Crippen molar-refractivity contribution < 1.29 is 29.0 Å². The number of carbonyl (C=O) groups excluding carboxylic acids is 4. The number of hydrogen-bond donors (Lipinski definition) is 3. The minimum atomic E-state index is -0.806. The molecule has 2 aromatic rings. The van der Waals surface area contributed by atoms with Crippen LogP contribution in [0, 0.1) is 5.92 Å². The normalized spacial score (nSPS) is 22.4. The lowest BCUT2D eigenvalue weighted by molar-refractivity contribution is -0.149. The van der Waals surface area contributed by atoms with Gasteiger partial charge in [-0.15, -0.1) is 0 Å². The van der Waals surface area contributed by atoms with Gasteiger partial charge in [-0.1, -0.05) is 18.2 Å². The number of phenolic OH excluding ortho intramolecular Hbond substituents is 1. The molecule has 3 heterocycles. The number of urea groups is 2. The molecule has 1 saturated carbocycles. The van der Waals surface area contributed by atoms with Gasteiger partial charge < -0.3 is 35.2 Å². The zero-order chi connectivity index (χ0) is 35.4. The minimum Gasteiger partial charge on any atom is -0.506 e. The molecule has 2 aromatic carbocycles. The van der Waals surface area contributed by atoms with E-state index in [1.54, 1.807) is 17.0 Å². The predicted molar refractivity (Wildman–Crippen MR) is 196 cm³/mol. The Labute approximate surface area is 310 Å². The van der Waals surface area contributed by atoms with E-state index in [2.05, 4.69) is 47.4 Å². The third-order valence-electron chi connectivity index (χ3n) is 10.6. The Morgan fingerprint density at radius 3 is 2.24 bits per heavy atom. The molecule has 14 heteroatoms. The molecular weight excluding hydrogens is 772 g/mol. The number of rotatable bonds is 8. The van der Waals surface area contributed by atoms with E-state index < -0.39 is 6.04 Å². The number of halogens is 2. The Morgan fingerprint density at radius 2 is 1.58 bits per heavy atom. The highest BCUT2D eigenvalue weighted by Gasteiger charge is 2.36. The Morgan fingerprint density at radius 1 is 0.920 bits per heavy atom. The lowest BCUT2D eigenvalue weighted by Gasteiger charge is -2.42. The first-order valence-electron chi connectivity index (χ1n) is 17.7. The molecule has 270 valence electrons. The lowest BCUT2D eigenvalue weighted by Crippen LogP contribution is -2.59. The number of piperidine rings is 1. The number of para-hydroxylation sites is 1. The highest BCUT2D eigenvalue weighted by Crippen LogP contribution is 2.34. The molecule has 0 bridgehead atoms. The van der Waals surface area contributed by atoms with E-state index in [-0.39, 0.29) is 48.1 Å². The van der Waals surface area contributed by atoms with E-state index >= 15 is 0 Å². The van der Waals surface area contributed by atoms with Crippen LogP contribution in [0.25, 0.3) is 0 Å². The molecule has 1 atom stereocenters. The topological polar surface area (TPSA) is 135 Å². The van der Waals surface area contributed by atoms with E-state index in [9.17, 15) is 24.3 Å². The van der Waals surface area contributed by atoms with E-state index in [4.69, 9.17) is 4.74 Å². The summed E-state index contributed by atoms with van der Waals surface area (Å²) in [6.45, 7) is 6.30. The molecule has 0 aromatic heterocycles. The predicted octanol–water partition coefficient (Wildman–Crippen LogP) is 5.32. The first-order valence-corrected chi connectivity index (χ1v) is 19.3. The van der Waals surface area contributed by atoms with Crippen molar-refractivity contribution in [2.24, 2.45) is 5.92 Å². The van der Waals surface area contributed by atoms with Gasteiger partial charge in [0.2, 0.25) is 5.91 Å². The summed E-state index contributed by atoms with van der Waals surface area (Å²) in [4.78, 5) is 60.8. The largest absolute Gasteiger partial charge is 0.506 e. The van der Waals surface area contributed by atoms with Gasteiger partial charge in [-0.2, -0.15) is 0 Å². The highest BCUT2D eigenvalue weighted by atomic mass is 79.9. The van der Waals surface area contributed by atoms with Crippen LogP contribution in [-0.2, 0) is 27.3 Å². The molecule has 3 aliphatic heterocycles. The molecular formula is C36H46Br2N6O6. The molecule has 0 spiro atoms. The van der Waals surface area contributed by atoms with Crippen molar-refractivity contribution in [1.29, 1.82) is 0 Å². The Kier molecular flexibility index (Phi) is 11.9. The van der Waals surface area contributed by atoms with Gasteiger partial charge in [0.1, 0.15) is 11.8 Å². The van der Waals surface area contributed by atoms with Crippen molar-refractivity contribution in [2.45, 2.75) is 76.5 Å². The van der Waals surface area contributed by atoms with Crippen LogP contribution in [0.4, 0.5) is 15.3 Å². The Bertz CT molecular complexity index is 1550. The number of benzene rings is 2. The monoisotopic (exact) mass is 816 g/mol. The number of hydrogen-bond acceptors (Lipinski definition) is 7. The van der Waals surface area contributed by atoms with Crippen molar-refractivity contribution in [1.82, 2.24) is 24.9 Å². The fourth-order valence-corrected chi connectivity index (χ4v) is 9.06. The summed E-state index contributed by atoms with van der Waals surface area (Å²) in [5, 5.41) is 16.3. The Balaban J connectivity index is 1.06. The zero-order valence-electron chi connectivity index (χ0n) is 28.4. The fourth-order valence-electron chi connectivity index (χ4n) is 7.77. The van der Waals surface area contributed by atoms with Crippen LogP contribution < -0.4 is 10.6 Å². The fraction of sp³-hybridized carbons (Fsp3) is 0.556. The number of nitrogens with one attached hydrogen (secondary N) is 2. The quantitative estimate of drug-likeness (QED) is 0.308. The highest BCUT2D eigenvalue weighted by molar-refractivity contribution is 9.11. The average molecular weight is 819 g/mol. The van der Waals surface area contributed by atoms with Crippen molar-refractivity contribution >= 4 is 61.5 Å². The molecule has 50 heavy (non-hydrogen) atoms. The molecule has 1 aliphatic carbocycles. The van der Waals surface area contributed by atoms with E-state index in [1.165, 1.54) is 0 Å². The van der Waals surface area contributed by atoms with Crippen molar-refractivity contribution in [2.75, 3.05) is 51.2 Å². The number of likely N-dealkylation sites (tertiary alicyclic amines) is 1. The van der Waals surface area contributed by atoms with Crippen LogP contribution in [0.15, 0.2) is 45.3 Å². The summed E-state index contributed by atoms with van der Waals surface area (Å²) in [5.74, 6) is -0.178. The number of anilines is 1.